The topological polar surface area (TPSA) is 71.3 Å². The third-order valence-corrected chi connectivity index (χ3v) is 5.58. The van der Waals surface area contributed by atoms with Crippen LogP contribution in [0, 0.1) is 0 Å². The molecule has 2 aromatic carbocycles. The van der Waals surface area contributed by atoms with E-state index in [9.17, 15) is 0 Å². The number of para-hydroxylation sites is 1. The van der Waals surface area contributed by atoms with Crippen LogP contribution in [0.25, 0.3) is 11.0 Å². The molecule has 172 valence electrons. The first-order chi connectivity index (χ1) is 15.3. The van der Waals surface area contributed by atoms with Crippen LogP contribution in [0.5, 0.6) is 5.75 Å². The summed E-state index contributed by atoms with van der Waals surface area (Å²) in [5.74, 6) is 2.48. The Morgan fingerprint density at radius 3 is 2.53 bits per heavy atom. The molecule has 0 amide bonds. The van der Waals surface area contributed by atoms with Crippen LogP contribution in [0.4, 0.5) is 0 Å². The minimum Gasteiger partial charge on any atom is -0.497 e. The van der Waals surface area contributed by atoms with Crippen LogP contribution in [-0.2, 0) is 11.3 Å². The summed E-state index contributed by atoms with van der Waals surface area (Å²) in [4.78, 5) is 6.83. The number of hydrogen-bond acceptors (Lipinski definition) is 5. The van der Waals surface area contributed by atoms with Gasteiger partial charge in [-0.05, 0) is 29.8 Å². The molecule has 2 heterocycles. The van der Waals surface area contributed by atoms with Gasteiger partial charge >= 0.3 is 0 Å². The van der Waals surface area contributed by atoms with Gasteiger partial charge in [0.2, 0.25) is 0 Å². The van der Waals surface area contributed by atoms with Crippen molar-refractivity contribution in [2.75, 3.05) is 47.0 Å². The van der Waals surface area contributed by atoms with Gasteiger partial charge in [0, 0.05) is 32.1 Å². The van der Waals surface area contributed by atoms with Gasteiger partial charge in [0.15, 0.2) is 5.96 Å². The predicted octanol–water partition coefficient (Wildman–Crippen LogP) is 3.80. The Hall–Kier alpha value is -2.30. The van der Waals surface area contributed by atoms with Gasteiger partial charge in [-0.25, -0.2) is 0 Å². The molecular formula is C24H31IN4O3. The van der Waals surface area contributed by atoms with Crippen molar-refractivity contribution in [3.63, 3.8) is 0 Å². The van der Waals surface area contributed by atoms with Crippen molar-refractivity contribution in [2.45, 2.75) is 12.6 Å². The van der Waals surface area contributed by atoms with Gasteiger partial charge in [-0.3, -0.25) is 9.89 Å². The summed E-state index contributed by atoms with van der Waals surface area (Å²) in [7, 11) is 3.47. The summed E-state index contributed by atoms with van der Waals surface area (Å²) < 4.78 is 16.8. The maximum absolute atomic E-state index is 5.90. The zero-order chi connectivity index (χ0) is 21.5. The van der Waals surface area contributed by atoms with Gasteiger partial charge in [-0.15, -0.1) is 24.0 Å². The third kappa shape index (κ3) is 6.14. The van der Waals surface area contributed by atoms with Gasteiger partial charge in [-0.2, -0.15) is 0 Å². The molecule has 4 rings (SSSR count). The number of rotatable bonds is 7. The number of nitrogens with zero attached hydrogens (tertiary/aromatic N) is 2. The zero-order valence-electron chi connectivity index (χ0n) is 18.5. The number of furan rings is 1. The number of morpholine rings is 1. The molecule has 1 aliphatic heterocycles. The SMILES string of the molecule is CN=C(NCc1cc2ccccc2o1)NCC(c1ccc(OC)cc1)N1CCOCC1.I. The molecule has 0 saturated carbocycles. The lowest BCUT2D eigenvalue weighted by Crippen LogP contribution is -2.46. The van der Waals surface area contributed by atoms with Gasteiger partial charge in [-0.1, -0.05) is 30.3 Å². The van der Waals surface area contributed by atoms with Gasteiger partial charge in [0.25, 0.3) is 0 Å². The molecule has 1 aromatic heterocycles. The minimum absolute atomic E-state index is 0. The smallest absolute Gasteiger partial charge is 0.191 e. The summed E-state index contributed by atoms with van der Waals surface area (Å²) in [6, 6.07) is 18.6. The first kappa shape index (κ1) is 24.3. The Morgan fingerprint density at radius 2 is 1.84 bits per heavy atom. The highest BCUT2D eigenvalue weighted by Gasteiger charge is 2.23. The predicted molar refractivity (Wildman–Crippen MR) is 138 cm³/mol. The average molecular weight is 550 g/mol. The first-order valence-corrected chi connectivity index (χ1v) is 10.6. The van der Waals surface area contributed by atoms with E-state index in [4.69, 9.17) is 13.9 Å². The molecule has 7 nitrogen and oxygen atoms in total. The van der Waals surface area contributed by atoms with E-state index in [1.54, 1.807) is 14.2 Å². The maximum Gasteiger partial charge on any atom is 0.191 e. The third-order valence-electron chi connectivity index (χ3n) is 5.58. The quantitative estimate of drug-likeness (QED) is 0.265. The fourth-order valence-electron chi connectivity index (χ4n) is 3.88. The van der Waals surface area contributed by atoms with Crippen LogP contribution < -0.4 is 15.4 Å². The Bertz CT molecular complexity index is 967. The molecule has 0 aliphatic carbocycles. The molecule has 1 saturated heterocycles. The van der Waals surface area contributed by atoms with Crippen molar-refractivity contribution in [3.8, 4) is 5.75 Å². The monoisotopic (exact) mass is 550 g/mol. The van der Waals surface area contributed by atoms with E-state index in [2.05, 4.69) is 44.8 Å². The lowest BCUT2D eigenvalue weighted by atomic mass is 10.0. The van der Waals surface area contributed by atoms with Crippen LogP contribution in [0.3, 0.4) is 0 Å². The molecule has 0 radical (unpaired) electrons. The number of halogens is 1. The molecule has 3 aromatic rings. The van der Waals surface area contributed by atoms with Crippen molar-refractivity contribution < 1.29 is 13.9 Å². The summed E-state index contributed by atoms with van der Waals surface area (Å²) in [5, 5.41) is 7.94. The van der Waals surface area contributed by atoms with Crippen LogP contribution in [0.2, 0.25) is 0 Å². The summed E-state index contributed by atoms with van der Waals surface area (Å²) in [6.45, 7) is 4.62. The van der Waals surface area contributed by atoms with Gasteiger partial charge < -0.3 is 24.5 Å². The molecule has 1 aliphatic rings. The highest BCUT2D eigenvalue weighted by atomic mass is 127. The molecule has 1 unspecified atom stereocenters. The molecule has 1 atom stereocenters. The Labute approximate surface area is 206 Å². The molecule has 2 N–H and O–H groups in total. The van der Waals surface area contributed by atoms with Crippen molar-refractivity contribution in [3.05, 3.63) is 65.9 Å². The Kier molecular flexibility index (Phi) is 9.19. The van der Waals surface area contributed by atoms with Crippen molar-refractivity contribution in [1.29, 1.82) is 0 Å². The van der Waals surface area contributed by atoms with Crippen LogP contribution >= 0.6 is 24.0 Å². The van der Waals surface area contributed by atoms with Gasteiger partial charge in [0.05, 0.1) is 32.9 Å². The van der Waals surface area contributed by atoms with Crippen LogP contribution in [-0.4, -0.2) is 57.9 Å². The van der Waals surface area contributed by atoms with E-state index in [0.717, 1.165) is 61.3 Å². The molecule has 32 heavy (non-hydrogen) atoms. The van der Waals surface area contributed by atoms with Crippen molar-refractivity contribution in [2.24, 2.45) is 4.99 Å². The minimum atomic E-state index is 0. The number of ether oxygens (including phenoxy) is 2. The average Bonchev–Trinajstić information content (AvgIpc) is 3.25. The second-order valence-electron chi connectivity index (χ2n) is 7.49. The first-order valence-electron chi connectivity index (χ1n) is 10.6. The highest BCUT2D eigenvalue weighted by Crippen LogP contribution is 2.24. The number of benzene rings is 2. The number of nitrogens with one attached hydrogen (secondary N) is 2. The number of guanidine groups is 1. The zero-order valence-corrected chi connectivity index (χ0v) is 20.9. The Morgan fingerprint density at radius 1 is 1.09 bits per heavy atom. The lowest BCUT2D eigenvalue weighted by molar-refractivity contribution is 0.0170. The number of fused-ring (bicyclic) bond motifs is 1. The molecule has 8 heteroatoms. The molecule has 0 spiro atoms. The number of aliphatic imine (C=N–C) groups is 1. The Balaban J connectivity index is 0.00000289. The van der Waals surface area contributed by atoms with Crippen LogP contribution in [0.1, 0.15) is 17.4 Å². The summed E-state index contributed by atoms with van der Waals surface area (Å²) >= 11 is 0. The van der Waals surface area contributed by atoms with E-state index in [-0.39, 0.29) is 30.0 Å². The van der Waals surface area contributed by atoms with E-state index in [0.29, 0.717) is 6.54 Å². The lowest BCUT2D eigenvalue weighted by Gasteiger charge is -2.35. The fraction of sp³-hybridized carbons (Fsp3) is 0.375. The summed E-state index contributed by atoms with van der Waals surface area (Å²) in [6.07, 6.45) is 0. The standard InChI is InChI=1S/C24H30N4O3.HI/c1-25-24(26-16-21-15-19-5-3-4-6-23(19)31-21)27-17-22(28-11-13-30-14-12-28)18-7-9-20(29-2)10-8-18;/h3-10,15,22H,11-14,16-17H2,1-2H3,(H2,25,26,27);1H. The van der Waals surface area contributed by atoms with E-state index < -0.39 is 0 Å². The number of hydrogen-bond donors (Lipinski definition) is 2. The van der Waals surface area contributed by atoms with E-state index >= 15 is 0 Å². The maximum atomic E-state index is 5.90. The van der Waals surface area contributed by atoms with Gasteiger partial charge in [0.1, 0.15) is 17.1 Å². The normalized spacial score (nSPS) is 15.8. The molecule has 0 bridgehead atoms. The second-order valence-corrected chi connectivity index (χ2v) is 7.49. The largest absolute Gasteiger partial charge is 0.497 e. The number of methoxy groups -OCH3 is 1. The molecular weight excluding hydrogens is 519 g/mol. The second kappa shape index (κ2) is 12.1. The highest BCUT2D eigenvalue weighted by molar-refractivity contribution is 14.0. The van der Waals surface area contributed by atoms with Crippen molar-refractivity contribution in [1.82, 2.24) is 15.5 Å². The molecule has 1 fully saturated rings. The van der Waals surface area contributed by atoms with Crippen molar-refractivity contribution >= 4 is 40.9 Å². The van der Waals surface area contributed by atoms with Crippen LogP contribution in [0.15, 0.2) is 64.0 Å². The summed E-state index contributed by atoms with van der Waals surface area (Å²) in [5.41, 5.74) is 2.14. The van der Waals surface area contributed by atoms with E-state index in [1.807, 2.05) is 30.3 Å². The van der Waals surface area contributed by atoms with E-state index in [1.165, 1.54) is 5.56 Å². The fourth-order valence-corrected chi connectivity index (χ4v) is 3.88.